The van der Waals surface area contributed by atoms with Crippen molar-refractivity contribution >= 4 is 58.2 Å². The summed E-state index contributed by atoms with van der Waals surface area (Å²) in [5.74, 6) is -30.8. The van der Waals surface area contributed by atoms with Gasteiger partial charge in [-0.15, -0.1) is 36.4 Å². The van der Waals surface area contributed by atoms with Crippen LogP contribution in [0, 0.1) is 46.8 Å². The highest BCUT2D eigenvalue weighted by Crippen LogP contribution is 2.67. The Morgan fingerprint density at radius 1 is 0.695 bits per heavy atom. The molecule has 1 saturated carbocycles. The molecule has 0 spiro atoms. The van der Waals surface area contributed by atoms with Crippen LogP contribution in [0.3, 0.4) is 0 Å². The Hall–Kier alpha value is -5.12. The number of fused-ring (bicyclic) bond motifs is 4. The van der Waals surface area contributed by atoms with Crippen LogP contribution in [0.15, 0.2) is 48.0 Å². The average Bonchev–Trinajstić information content (AvgIpc) is 3.47. The van der Waals surface area contributed by atoms with Crippen molar-refractivity contribution in [1.29, 1.82) is 0 Å². The number of hydrogen-bond donors (Lipinski definition) is 1. The zero-order chi connectivity index (χ0) is 43.9. The maximum Gasteiger partial charge on any atom is 0.573 e. The number of rotatable bonds is 4. The Labute approximate surface area is 328 Å². The molecule has 4 aliphatic rings. The van der Waals surface area contributed by atoms with Gasteiger partial charge in [-0.2, -0.15) is 26.3 Å². The smallest absolute Gasteiger partial charge is 0.508 e. The van der Waals surface area contributed by atoms with E-state index in [0.717, 1.165) is 6.08 Å². The lowest BCUT2D eigenvalue weighted by Gasteiger charge is -2.50. The molecule has 8 nitrogen and oxygen atoms in total. The quantitative estimate of drug-likeness (QED) is 0.0702. The number of benzene rings is 3. The van der Waals surface area contributed by atoms with Gasteiger partial charge >= 0.3 is 18.7 Å². The fourth-order valence-electron chi connectivity index (χ4n) is 8.20. The molecule has 2 aliphatic carbocycles. The molecular formula is C35H16Cl2F14N2O6. The van der Waals surface area contributed by atoms with Crippen molar-refractivity contribution in [2.75, 3.05) is 9.80 Å². The van der Waals surface area contributed by atoms with E-state index in [-0.39, 0.29) is 23.1 Å². The van der Waals surface area contributed by atoms with Gasteiger partial charge < -0.3 is 9.84 Å². The number of nitrogens with zero attached hydrogens (tertiary/aromatic N) is 2. The van der Waals surface area contributed by atoms with Crippen molar-refractivity contribution < 1.29 is 90.5 Å². The Kier molecular flexibility index (Phi) is 9.39. The van der Waals surface area contributed by atoms with Gasteiger partial charge in [-0.1, -0.05) is 11.6 Å². The third-order valence-corrected chi connectivity index (χ3v) is 12.0. The molecule has 3 aromatic carbocycles. The Balaban J connectivity index is 1.44. The van der Waals surface area contributed by atoms with Gasteiger partial charge in [0.2, 0.25) is 17.6 Å². The third kappa shape index (κ3) is 6.09. The molecule has 0 bridgehead atoms. The molecule has 24 heteroatoms. The summed E-state index contributed by atoms with van der Waals surface area (Å²) in [4.78, 5) is 49.4. The maximum absolute atomic E-state index is 15.2. The molecule has 2 aliphatic heterocycles. The first-order chi connectivity index (χ1) is 27.1. The number of phenols is 1. The summed E-state index contributed by atoms with van der Waals surface area (Å²) in [6, 6.07) is 1.29. The number of carbonyl (C=O) groups is 4. The van der Waals surface area contributed by atoms with E-state index in [2.05, 4.69) is 4.74 Å². The molecule has 3 fully saturated rings. The highest BCUT2D eigenvalue weighted by atomic mass is 35.5. The number of imide groups is 2. The van der Waals surface area contributed by atoms with Crippen molar-refractivity contribution in [3.8, 4) is 11.5 Å². The number of ether oxygens (including phenoxy) is 1. The van der Waals surface area contributed by atoms with E-state index in [1.165, 1.54) is 0 Å². The van der Waals surface area contributed by atoms with Gasteiger partial charge in [-0.25, -0.2) is 31.8 Å². The molecular weight excluding hydrogens is 881 g/mol. The summed E-state index contributed by atoms with van der Waals surface area (Å²) in [6.07, 6.45) is -17.3. The van der Waals surface area contributed by atoms with Gasteiger partial charge in [0.25, 0.3) is 11.8 Å². The van der Waals surface area contributed by atoms with Crippen LogP contribution in [0.2, 0.25) is 0 Å². The van der Waals surface area contributed by atoms with Gasteiger partial charge in [0, 0.05) is 11.5 Å². The first-order valence-electron chi connectivity index (χ1n) is 16.3. The first-order valence-corrected chi connectivity index (χ1v) is 17.1. The van der Waals surface area contributed by atoms with Gasteiger partial charge in [-0.05, 0) is 55.2 Å². The lowest BCUT2D eigenvalue weighted by molar-refractivity contribution is -0.274. The number of phenolic OH excluding ortho intramolecular Hbond substituents is 1. The molecule has 3 aromatic rings. The van der Waals surface area contributed by atoms with Crippen LogP contribution in [-0.4, -0.2) is 44.8 Å². The van der Waals surface area contributed by atoms with E-state index in [4.69, 9.17) is 23.2 Å². The van der Waals surface area contributed by atoms with Crippen LogP contribution < -0.4 is 14.5 Å². The summed E-state index contributed by atoms with van der Waals surface area (Å²) in [5, 5.41) is 11.0. The lowest BCUT2D eigenvalue weighted by Crippen LogP contribution is -2.60. The van der Waals surface area contributed by atoms with Gasteiger partial charge in [-0.3, -0.25) is 19.2 Å². The van der Waals surface area contributed by atoms with Crippen LogP contribution in [0.1, 0.15) is 35.4 Å². The highest BCUT2D eigenvalue weighted by molar-refractivity contribution is 6.58. The normalized spacial score (nSPS) is 27.2. The number of allylic oxidation sites excluding steroid dienone is 2. The summed E-state index contributed by atoms with van der Waals surface area (Å²) in [7, 11) is 0. The number of aromatic hydroxyl groups is 1. The van der Waals surface area contributed by atoms with Crippen molar-refractivity contribution in [3.05, 3.63) is 93.8 Å². The predicted molar refractivity (Wildman–Crippen MR) is 170 cm³/mol. The number of halogens is 16. The van der Waals surface area contributed by atoms with Crippen LogP contribution in [-0.2, 0) is 31.5 Å². The number of hydrogen-bond acceptors (Lipinski definition) is 6. The largest absolute Gasteiger partial charge is 0.573 e. The summed E-state index contributed by atoms with van der Waals surface area (Å²) in [5.41, 5.74) is -8.68. The molecule has 1 N–H and O–H groups in total. The van der Waals surface area contributed by atoms with E-state index in [0.29, 0.717) is 18.2 Å². The second-order valence-corrected chi connectivity index (χ2v) is 15.0. The molecule has 0 radical (unpaired) electrons. The molecule has 0 unspecified atom stereocenters. The summed E-state index contributed by atoms with van der Waals surface area (Å²) < 4.78 is 200. The zero-order valence-corrected chi connectivity index (χ0v) is 29.7. The Morgan fingerprint density at radius 2 is 1.24 bits per heavy atom. The number of alkyl halides is 11. The van der Waals surface area contributed by atoms with Crippen molar-refractivity contribution in [1.82, 2.24) is 0 Å². The zero-order valence-electron chi connectivity index (χ0n) is 28.2. The van der Waals surface area contributed by atoms with Crippen LogP contribution >= 0.6 is 23.2 Å². The van der Waals surface area contributed by atoms with Crippen LogP contribution in [0.4, 0.5) is 72.8 Å². The molecule has 314 valence electrons. The van der Waals surface area contributed by atoms with Crippen molar-refractivity contribution in [2.24, 2.45) is 17.8 Å². The molecule has 7 rings (SSSR count). The Bertz CT molecular complexity index is 2380. The fourth-order valence-corrected chi connectivity index (χ4v) is 9.12. The lowest BCUT2D eigenvalue weighted by atomic mass is 9.56. The second-order valence-electron chi connectivity index (χ2n) is 13.7. The predicted octanol–water partition coefficient (Wildman–Crippen LogP) is 8.79. The van der Waals surface area contributed by atoms with E-state index in [1.54, 1.807) is 0 Å². The summed E-state index contributed by atoms with van der Waals surface area (Å²) in [6.45, 7) is 0. The minimum Gasteiger partial charge on any atom is -0.508 e. The van der Waals surface area contributed by atoms with Crippen molar-refractivity contribution in [3.63, 3.8) is 0 Å². The van der Waals surface area contributed by atoms with Crippen LogP contribution in [0.5, 0.6) is 11.5 Å². The summed E-state index contributed by atoms with van der Waals surface area (Å²) >= 11 is 13.7. The molecule has 2 heterocycles. The molecule has 6 atom stereocenters. The number of carbonyl (C=O) groups excluding carboxylic acids is 4. The molecule has 4 amide bonds. The SMILES string of the molecule is O=C1[C@H]2[C@H](CC=C3[C@H]2C[C@@]2(Cl)C(=O)N(c4c(F)c(F)c(F)c(F)c4F)C(=O)[C@@]2(Cl)[C@H]3c2cc(OC(F)(F)F)ccc2O)C(=O)N1c1cc(C(F)(F)F)cc(C(F)(F)F)c1. The van der Waals surface area contributed by atoms with Crippen LogP contribution in [0.25, 0.3) is 0 Å². The third-order valence-electron chi connectivity index (χ3n) is 10.6. The van der Waals surface area contributed by atoms with Gasteiger partial charge in [0.1, 0.15) is 17.2 Å². The molecule has 0 aromatic heterocycles. The molecule has 59 heavy (non-hydrogen) atoms. The highest BCUT2D eigenvalue weighted by Gasteiger charge is 2.77. The number of amides is 4. The van der Waals surface area contributed by atoms with E-state index in [1.807, 2.05) is 0 Å². The first kappa shape index (κ1) is 42.0. The second kappa shape index (κ2) is 13.2. The maximum atomic E-state index is 15.2. The Morgan fingerprint density at radius 3 is 1.76 bits per heavy atom. The standard InChI is InChI=1S/C35H16Cl2F14N2O6/c36-31-9-17-14(2-3-15-19(17)28(56)52(27(15)55)12-6-10(33(43,44)45)5-11(7-12)34(46,47)48)20(16-8-13(1-4-18(16)54)59-35(49,50)51)32(31,37)30(58)53(29(31)57)26-24(41)22(39)21(38)23(40)25(26)42/h1-2,4-8,15,17,19-20,54H,3,9H2/t15-,17+,19-,20+,31+,32-/m0/s1. The van der Waals surface area contributed by atoms with E-state index in [9.17, 15) is 77.0 Å². The monoisotopic (exact) mass is 896 g/mol. The minimum absolute atomic E-state index is 0.0208. The van der Waals surface area contributed by atoms with E-state index >= 15 is 8.78 Å². The van der Waals surface area contributed by atoms with Crippen molar-refractivity contribution in [2.45, 2.75) is 47.2 Å². The number of anilines is 2. The van der Waals surface area contributed by atoms with E-state index < -0.39 is 168 Å². The topological polar surface area (TPSA) is 104 Å². The van der Waals surface area contributed by atoms with Gasteiger partial charge in [0.15, 0.2) is 33.0 Å². The molecule has 2 saturated heterocycles. The fraction of sp³-hybridized carbons (Fsp3) is 0.314. The minimum atomic E-state index is -5.46. The average molecular weight is 897 g/mol. The van der Waals surface area contributed by atoms with Gasteiger partial charge in [0.05, 0.1) is 28.7 Å².